The Hall–Kier alpha value is -1.62. The van der Waals surface area contributed by atoms with Gasteiger partial charge in [-0.1, -0.05) is 0 Å². The number of hydrogen-bond donors (Lipinski definition) is 1. The molecule has 0 saturated carbocycles. The van der Waals surface area contributed by atoms with Crippen LogP contribution in [0.15, 0.2) is 18.5 Å². The van der Waals surface area contributed by atoms with Crippen molar-refractivity contribution in [2.45, 2.75) is 32.9 Å². The Morgan fingerprint density at radius 1 is 1.47 bits per heavy atom. The summed E-state index contributed by atoms with van der Waals surface area (Å²) in [5.74, 6) is 0. The number of aryl methyl sites for hydroxylation is 3. The van der Waals surface area contributed by atoms with Gasteiger partial charge in [0.2, 0.25) is 0 Å². The first-order valence-electron chi connectivity index (χ1n) is 5.87. The maximum Gasteiger partial charge on any atom is 0.0597 e. The molecule has 5 nitrogen and oxygen atoms in total. The molecule has 2 heterocycles. The van der Waals surface area contributed by atoms with E-state index in [1.807, 2.05) is 41.8 Å². The zero-order chi connectivity index (χ0) is 12.4. The second kappa shape index (κ2) is 4.71. The van der Waals surface area contributed by atoms with Crippen LogP contribution in [0.3, 0.4) is 0 Å². The lowest BCUT2D eigenvalue weighted by Gasteiger charge is -2.10. The zero-order valence-electron chi connectivity index (χ0n) is 10.6. The Labute approximate surface area is 101 Å². The van der Waals surface area contributed by atoms with Gasteiger partial charge in [0.1, 0.15) is 0 Å². The van der Waals surface area contributed by atoms with Gasteiger partial charge in [0.15, 0.2) is 0 Å². The predicted octanol–water partition coefficient (Wildman–Crippen LogP) is 1.19. The van der Waals surface area contributed by atoms with Gasteiger partial charge in [0.05, 0.1) is 23.6 Å². The van der Waals surface area contributed by atoms with Crippen LogP contribution in [-0.4, -0.2) is 19.6 Å². The highest BCUT2D eigenvalue weighted by atomic mass is 15.3. The molecule has 0 aliphatic rings. The molecule has 0 saturated heterocycles. The fourth-order valence-electron chi connectivity index (χ4n) is 2.02. The molecule has 0 bridgehead atoms. The zero-order valence-corrected chi connectivity index (χ0v) is 10.6. The smallest absolute Gasteiger partial charge is 0.0597 e. The van der Waals surface area contributed by atoms with Crippen LogP contribution in [0.4, 0.5) is 0 Å². The summed E-state index contributed by atoms with van der Waals surface area (Å²) in [6, 6.07) is 2.00. The summed E-state index contributed by atoms with van der Waals surface area (Å²) < 4.78 is 3.76. The van der Waals surface area contributed by atoms with Crippen molar-refractivity contribution in [3.8, 4) is 0 Å². The van der Waals surface area contributed by atoms with Gasteiger partial charge < -0.3 is 5.73 Å². The minimum atomic E-state index is -0.0318. The van der Waals surface area contributed by atoms with Crippen molar-refractivity contribution in [1.82, 2.24) is 19.6 Å². The highest BCUT2D eigenvalue weighted by Gasteiger charge is 2.13. The largest absolute Gasteiger partial charge is 0.322 e. The molecular weight excluding hydrogens is 214 g/mol. The summed E-state index contributed by atoms with van der Waals surface area (Å²) in [4.78, 5) is 0. The number of aromatic nitrogens is 4. The third-order valence-corrected chi connectivity index (χ3v) is 2.88. The van der Waals surface area contributed by atoms with Crippen molar-refractivity contribution in [3.05, 3.63) is 35.4 Å². The number of nitrogens with zero attached hydrogens (tertiary/aromatic N) is 4. The second-order valence-electron chi connectivity index (χ2n) is 4.35. The maximum atomic E-state index is 6.19. The second-order valence-corrected chi connectivity index (χ2v) is 4.35. The molecule has 92 valence electrons. The summed E-state index contributed by atoms with van der Waals surface area (Å²) in [5.41, 5.74) is 9.42. The summed E-state index contributed by atoms with van der Waals surface area (Å²) >= 11 is 0. The molecule has 0 aliphatic heterocycles. The molecule has 0 radical (unpaired) electrons. The average Bonchev–Trinajstić information content (AvgIpc) is 2.85. The molecule has 0 spiro atoms. The fourth-order valence-corrected chi connectivity index (χ4v) is 2.02. The molecule has 0 aliphatic carbocycles. The molecular formula is C12H19N5. The van der Waals surface area contributed by atoms with Crippen molar-refractivity contribution in [1.29, 1.82) is 0 Å². The Morgan fingerprint density at radius 2 is 2.24 bits per heavy atom. The van der Waals surface area contributed by atoms with Crippen LogP contribution in [0.5, 0.6) is 0 Å². The van der Waals surface area contributed by atoms with Gasteiger partial charge in [-0.25, -0.2) is 0 Å². The van der Waals surface area contributed by atoms with E-state index in [2.05, 4.69) is 17.1 Å². The van der Waals surface area contributed by atoms with E-state index in [9.17, 15) is 0 Å². The van der Waals surface area contributed by atoms with Gasteiger partial charge in [0, 0.05) is 19.8 Å². The van der Waals surface area contributed by atoms with Crippen LogP contribution in [-0.2, 0) is 20.0 Å². The van der Waals surface area contributed by atoms with Crippen LogP contribution in [0.2, 0.25) is 0 Å². The summed E-state index contributed by atoms with van der Waals surface area (Å²) in [5, 5.41) is 8.56. The van der Waals surface area contributed by atoms with Crippen LogP contribution in [0.1, 0.15) is 29.9 Å². The average molecular weight is 233 g/mol. The van der Waals surface area contributed by atoms with Gasteiger partial charge in [-0.3, -0.25) is 9.36 Å². The minimum absolute atomic E-state index is 0.0318. The lowest BCUT2D eigenvalue weighted by Crippen LogP contribution is -2.16. The van der Waals surface area contributed by atoms with Crippen LogP contribution in [0.25, 0.3) is 0 Å². The Bertz CT molecular complexity index is 497. The third-order valence-electron chi connectivity index (χ3n) is 2.88. The molecule has 5 heteroatoms. The highest BCUT2D eigenvalue weighted by Crippen LogP contribution is 2.16. The molecule has 0 fully saturated rings. The highest BCUT2D eigenvalue weighted by molar-refractivity contribution is 5.16. The molecule has 17 heavy (non-hydrogen) atoms. The molecule has 2 rings (SSSR count). The quantitative estimate of drug-likeness (QED) is 0.862. The van der Waals surface area contributed by atoms with Gasteiger partial charge >= 0.3 is 0 Å². The van der Waals surface area contributed by atoms with Gasteiger partial charge in [-0.2, -0.15) is 10.2 Å². The number of nitrogens with two attached hydrogens (primary N) is 1. The summed E-state index contributed by atoms with van der Waals surface area (Å²) in [7, 11) is 1.93. The van der Waals surface area contributed by atoms with E-state index < -0.39 is 0 Å². The molecule has 0 amide bonds. The van der Waals surface area contributed by atoms with E-state index in [0.29, 0.717) is 0 Å². The Morgan fingerprint density at radius 3 is 2.76 bits per heavy atom. The van der Waals surface area contributed by atoms with Crippen LogP contribution >= 0.6 is 0 Å². The monoisotopic (exact) mass is 233 g/mol. The molecule has 1 atom stereocenters. The lowest BCUT2D eigenvalue weighted by atomic mass is 10.1. The van der Waals surface area contributed by atoms with Crippen molar-refractivity contribution in [2.75, 3.05) is 0 Å². The van der Waals surface area contributed by atoms with E-state index >= 15 is 0 Å². The molecule has 0 aromatic carbocycles. The number of hydrogen-bond acceptors (Lipinski definition) is 3. The number of rotatable bonds is 4. The minimum Gasteiger partial charge on any atom is -0.322 e. The third kappa shape index (κ3) is 2.55. The standard InChI is InChI=1S/C12H19N5/c1-4-17-8-10(7-14-17)6-11(13)12-5-9(2)15-16(12)3/h5,7-8,11H,4,6,13H2,1-3H3. The fraction of sp³-hybridized carbons (Fsp3) is 0.500. The van der Waals surface area contributed by atoms with Gasteiger partial charge in [-0.05, 0) is 31.9 Å². The summed E-state index contributed by atoms with van der Waals surface area (Å²) in [6.45, 7) is 4.94. The molecule has 2 aromatic rings. The van der Waals surface area contributed by atoms with E-state index in [1.165, 1.54) is 5.56 Å². The first-order valence-corrected chi connectivity index (χ1v) is 5.87. The molecule has 1 unspecified atom stereocenters. The summed E-state index contributed by atoms with van der Waals surface area (Å²) in [6.07, 6.45) is 4.72. The normalized spacial score (nSPS) is 12.9. The van der Waals surface area contributed by atoms with Crippen molar-refractivity contribution >= 4 is 0 Å². The van der Waals surface area contributed by atoms with E-state index in [-0.39, 0.29) is 6.04 Å². The van der Waals surface area contributed by atoms with Gasteiger partial charge in [0.25, 0.3) is 0 Å². The maximum absolute atomic E-state index is 6.19. The Kier molecular flexibility index (Phi) is 3.28. The van der Waals surface area contributed by atoms with E-state index in [4.69, 9.17) is 5.73 Å². The SMILES string of the molecule is CCn1cc(CC(N)c2cc(C)nn2C)cn1. The molecule has 2 aromatic heterocycles. The van der Waals surface area contributed by atoms with E-state index in [1.54, 1.807) is 0 Å². The topological polar surface area (TPSA) is 61.7 Å². The van der Waals surface area contributed by atoms with Crippen molar-refractivity contribution in [3.63, 3.8) is 0 Å². The van der Waals surface area contributed by atoms with Crippen LogP contribution < -0.4 is 5.73 Å². The van der Waals surface area contributed by atoms with Crippen LogP contribution in [0, 0.1) is 6.92 Å². The lowest BCUT2D eigenvalue weighted by molar-refractivity contribution is 0.614. The first kappa shape index (κ1) is 11.9. The van der Waals surface area contributed by atoms with E-state index in [0.717, 1.165) is 24.4 Å². The first-order chi connectivity index (χ1) is 8.10. The molecule has 2 N–H and O–H groups in total. The van der Waals surface area contributed by atoms with Crippen molar-refractivity contribution < 1.29 is 0 Å². The Balaban J connectivity index is 2.11. The van der Waals surface area contributed by atoms with Crippen molar-refractivity contribution in [2.24, 2.45) is 12.8 Å². The van der Waals surface area contributed by atoms with Gasteiger partial charge in [-0.15, -0.1) is 0 Å². The predicted molar refractivity (Wildman–Crippen MR) is 66.5 cm³/mol.